The van der Waals surface area contributed by atoms with Crippen molar-refractivity contribution in [2.75, 3.05) is 20.1 Å². The number of fused-ring (bicyclic) bond motifs is 1. The lowest BCUT2D eigenvalue weighted by atomic mass is 10.1. The van der Waals surface area contributed by atoms with Gasteiger partial charge in [-0.05, 0) is 38.3 Å². The topological polar surface area (TPSA) is 65.8 Å². The van der Waals surface area contributed by atoms with Gasteiger partial charge in [0.1, 0.15) is 17.4 Å². The minimum atomic E-state index is -0.524. The molecule has 2 heterocycles. The smallest absolute Gasteiger partial charge is 0.318 e. The van der Waals surface area contributed by atoms with Gasteiger partial charge in [-0.15, -0.1) is 0 Å². The molecule has 3 amide bonds. The van der Waals surface area contributed by atoms with Gasteiger partial charge >= 0.3 is 6.03 Å². The van der Waals surface area contributed by atoms with Gasteiger partial charge in [0.25, 0.3) is 0 Å². The molecular formula is C19H25N3O3. The number of nitrogens with zero attached hydrogens (tertiary/aromatic N) is 2. The van der Waals surface area contributed by atoms with Gasteiger partial charge in [0, 0.05) is 25.5 Å². The van der Waals surface area contributed by atoms with Crippen LogP contribution in [0, 0.1) is 0 Å². The predicted molar refractivity (Wildman–Crippen MR) is 96.1 cm³/mol. The van der Waals surface area contributed by atoms with Crippen LogP contribution in [0.2, 0.25) is 0 Å². The Morgan fingerprint density at radius 3 is 2.68 bits per heavy atom. The Hall–Kier alpha value is -2.50. The molecule has 1 aromatic carbocycles. The summed E-state index contributed by atoms with van der Waals surface area (Å²) in [6, 6.07) is 8.87. The molecule has 134 valence electrons. The average Bonchev–Trinajstić information content (AvgIpc) is 3.03. The highest BCUT2D eigenvalue weighted by molar-refractivity contribution is 5.86. The van der Waals surface area contributed by atoms with E-state index in [-0.39, 0.29) is 11.9 Å². The lowest BCUT2D eigenvalue weighted by molar-refractivity contribution is -0.133. The van der Waals surface area contributed by atoms with Gasteiger partial charge in [-0.25, -0.2) is 4.79 Å². The highest BCUT2D eigenvalue weighted by Crippen LogP contribution is 2.19. The number of piperidine rings is 1. The van der Waals surface area contributed by atoms with Gasteiger partial charge < -0.3 is 19.5 Å². The SMILES string of the molecule is C[C@H](NC(=O)N(C)Cc1cc2ccccc2o1)C(=O)N1CCCCC1. The Morgan fingerprint density at radius 2 is 1.96 bits per heavy atom. The summed E-state index contributed by atoms with van der Waals surface area (Å²) in [6.45, 7) is 3.66. The Kier molecular flexibility index (Phi) is 5.26. The number of carbonyl (C=O) groups excluding carboxylic acids is 2. The Bertz CT molecular complexity index is 716. The maximum atomic E-state index is 12.4. The van der Waals surface area contributed by atoms with Crippen LogP contribution in [-0.2, 0) is 11.3 Å². The molecule has 0 saturated carbocycles. The fourth-order valence-corrected chi connectivity index (χ4v) is 3.17. The van der Waals surface area contributed by atoms with E-state index in [2.05, 4.69) is 5.32 Å². The van der Waals surface area contributed by atoms with Gasteiger partial charge in [0.15, 0.2) is 0 Å². The number of furan rings is 1. The first kappa shape index (κ1) is 17.3. The molecule has 25 heavy (non-hydrogen) atoms. The summed E-state index contributed by atoms with van der Waals surface area (Å²) in [4.78, 5) is 28.1. The zero-order valence-corrected chi connectivity index (χ0v) is 14.8. The monoisotopic (exact) mass is 343 g/mol. The van der Waals surface area contributed by atoms with Crippen LogP contribution in [0.5, 0.6) is 0 Å². The summed E-state index contributed by atoms with van der Waals surface area (Å²) in [5.41, 5.74) is 0.806. The van der Waals surface area contributed by atoms with E-state index in [1.54, 1.807) is 14.0 Å². The third-order valence-electron chi connectivity index (χ3n) is 4.59. The minimum Gasteiger partial charge on any atom is -0.459 e. The van der Waals surface area contributed by atoms with Crippen LogP contribution >= 0.6 is 0 Å². The van der Waals surface area contributed by atoms with Crippen molar-refractivity contribution in [3.05, 3.63) is 36.1 Å². The summed E-state index contributed by atoms with van der Waals surface area (Å²) in [6.07, 6.45) is 3.25. The lowest BCUT2D eigenvalue weighted by Gasteiger charge is -2.30. The van der Waals surface area contributed by atoms with Crippen molar-refractivity contribution in [1.82, 2.24) is 15.1 Å². The molecule has 1 saturated heterocycles. The fraction of sp³-hybridized carbons (Fsp3) is 0.474. The second-order valence-corrected chi connectivity index (χ2v) is 6.66. The highest BCUT2D eigenvalue weighted by atomic mass is 16.3. The molecule has 3 rings (SSSR count). The molecule has 2 aromatic rings. The standard InChI is InChI=1S/C19H25N3O3/c1-14(18(23)22-10-6-3-7-11-22)20-19(24)21(2)13-16-12-15-8-4-5-9-17(15)25-16/h4-5,8-9,12,14H,3,6-7,10-11,13H2,1-2H3,(H,20,24)/t14-/m0/s1. The Morgan fingerprint density at radius 1 is 1.24 bits per heavy atom. The molecule has 0 aliphatic carbocycles. The molecule has 1 aliphatic rings. The summed E-state index contributed by atoms with van der Waals surface area (Å²) < 4.78 is 5.74. The molecular weight excluding hydrogens is 318 g/mol. The molecule has 0 radical (unpaired) electrons. The van der Waals surface area contributed by atoms with Crippen LogP contribution in [-0.4, -0.2) is 47.9 Å². The van der Waals surface area contributed by atoms with E-state index >= 15 is 0 Å². The number of para-hydroxylation sites is 1. The Labute approximate surface area is 147 Å². The van der Waals surface area contributed by atoms with Crippen LogP contribution < -0.4 is 5.32 Å². The fourth-order valence-electron chi connectivity index (χ4n) is 3.17. The van der Waals surface area contributed by atoms with E-state index < -0.39 is 6.04 Å². The third-order valence-corrected chi connectivity index (χ3v) is 4.59. The molecule has 6 heteroatoms. The van der Waals surface area contributed by atoms with E-state index in [4.69, 9.17) is 4.42 Å². The summed E-state index contributed by atoms with van der Waals surface area (Å²) in [7, 11) is 1.70. The molecule has 6 nitrogen and oxygen atoms in total. The molecule has 1 fully saturated rings. The molecule has 0 spiro atoms. The quantitative estimate of drug-likeness (QED) is 0.928. The van der Waals surface area contributed by atoms with Crippen molar-refractivity contribution in [2.45, 2.75) is 38.8 Å². The van der Waals surface area contributed by atoms with E-state index in [0.717, 1.165) is 36.9 Å². The van der Waals surface area contributed by atoms with Crippen molar-refractivity contribution in [3.63, 3.8) is 0 Å². The molecule has 1 aliphatic heterocycles. The van der Waals surface area contributed by atoms with Crippen molar-refractivity contribution in [3.8, 4) is 0 Å². The number of likely N-dealkylation sites (tertiary alicyclic amines) is 1. The van der Waals surface area contributed by atoms with Crippen molar-refractivity contribution in [1.29, 1.82) is 0 Å². The first-order chi connectivity index (χ1) is 12.0. The first-order valence-electron chi connectivity index (χ1n) is 8.82. The van der Waals surface area contributed by atoms with Crippen molar-refractivity contribution in [2.24, 2.45) is 0 Å². The van der Waals surface area contributed by atoms with Crippen LogP contribution in [0.3, 0.4) is 0 Å². The summed E-state index contributed by atoms with van der Waals surface area (Å²) in [5, 5.41) is 3.80. The molecule has 1 aromatic heterocycles. The lowest BCUT2D eigenvalue weighted by Crippen LogP contribution is -2.51. The molecule has 1 atom stereocenters. The second-order valence-electron chi connectivity index (χ2n) is 6.66. The second kappa shape index (κ2) is 7.59. The average molecular weight is 343 g/mol. The van der Waals surface area contributed by atoms with Gasteiger partial charge in [-0.3, -0.25) is 4.79 Å². The Balaban J connectivity index is 1.55. The number of rotatable bonds is 4. The maximum Gasteiger partial charge on any atom is 0.318 e. The van der Waals surface area contributed by atoms with Gasteiger partial charge in [0.05, 0.1) is 6.54 Å². The number of amides is 3. The first-order valence-corrected chi connectivity index (χ1v) is 8.82. The minimum absolute atomic E-state index is 0.00909. The van der Waals surface area contributed by atoms with Gasteiger partial charge in [-0.1, -0.05) is 18.2 Å². The predicted octanol–water partition coefficient (Wildman–Crippen LogP) is 2.98. The number of hydrogen-bond donors (Lipinski definition) is 1. The van der Waals surface area contributed by atoms with Crippen molar-refractivity contribution < 1.29 is 14.0 Å². The van der Waals surface area contributed by atoms with E-state index in [1.165, 1.54) is 11.3 Å². The number of nitrogens with one attached hydrogen (secondary N) is 1. The number of benzene rings is 1. The van der Waals surface area contributed by atoms with Crippen LogP contribution in [0.4, 0.5) is 4.79 Å². The molecule has 0 bridgehead atoms. The maximum absolute atomic E-state index is 12.4. The third kappa shape index (κ3) is 4.13. The largest absolute Gasteiger partial charge is 0.459 e. The number of hydrogen-bond acceptors (Lipinski definition) is 3. The van der Waals surface area contributed by atoms with Crippen LogP contribution in [0.25, 0.3) is 11.0 Å². The zero-order chi connectivity index (χ0) is 17.8. The van der Waals surface area contributed by atoms with Gasteiger partial charge in [0.2, 0.25) is 5.91 Å². The highest BCUT2D eigenvalue weighted by Gasteiger charge is 2.24. The number of urea groups is 1. The van der Waals surface area contributed by atoms with Crippen LogP contribution in [0.15, 0.2) is 34.7 Å². The van der Waals surface area contributed by atoms with E-state index in [0.29, 0.717) is 12.3 Å². The zero-order valence-electron chi connectivity index (χ0n) is 14.8. The van der Waals surface area contributed by atoms with Crippen LogP contribution in [0.1, 0.15) is 31.9 Å². The van der Waals surface area contributed by atoms with Crippen molar-refractivity contribution >= 4 is 22.9 Å². The van der Waals surface area contributed by atoms with E-state index in [1.807, 2.05) is 35.2 Å². The number of carbonyl (C=O) groups is 2. The molecule has 0 unspecified atom stereocenters. The molecule has 1 N–H and O–H groups in total. The van der Waals surface area contributed by atoms with Gasteiger partial charge in [-0.2, -0.15) is 0 Å². The normalized spacial score (nSPS) is 15.8. The summed E-state index contributed by atoms with van der Waals surface area (Å²) in [5.74, 6) is 0.707. The van der Waals surface area contributed by atoms with E-state index in [9.17, 15) is 9.59 Å². The summed E-state index contributed by atoms with van der Waals surface area (Å²) >= 11 is 0.